The van der Waals surface area contributed by atoms with E-state index in [4.69, 9.17) is 16.6 Å². The van der Waals surface area contributed by atoms with E-state index in [1.54, 1.807) is 0 Å². The van der Waals surface area contributed by atoms with Crippen molar-refractivity contribution in [3.8, 4) is 0 Å². The highest BCUT2D eigenvalue weighted by Crippen LogP contribution is 2.26. The smallest absolute Gasteiger partial charge is 0.138 e. The molecule has 1 aliphatic rings. The zero-order chi connectivity index (χ0) is 21.0. The Morgan fingerprint density at radius 3 is 2.23 bits per heavy atom. The van der Waals surface area contributed by atoms with Crippen LogP contribution < -0.4 is 9.80 Å². The number of anilines is 2. The molecule has 1 aliphatic heterocycles. The van der Waals surface area contributed by atoms with Gasteiger partial charge in [-0.25, -0.2) is 4.98 Å². The number of para-hydroxylation sites is 2. The normalized spacial score (nSPS) is 14.5. The van der Waals surface area contributed by atoms with Crippen LogP contribution in [0.5, 0.6) is 0 Å². The third kappa shape index (κ3) is 4.39. The molecule has 0 atom stereocenters. The Labute approximate surface area is 187 Å². The van der Waals surface area contributed by atoms with E-state index in [2.05, 4.69) is 63.3 Å². The summed E-state index contributed by atoms with van der Waals surface area (Å²) in [5.41, 5.74) is 4.18. The highest BCUT2D eigenvalue weighted by atomic mass is 35.5. The Bertz CT molecular complexity index is 1200. The summed E-state index contributed by atoms with van der Waals surface area (Å²) >= 11 is 6.00. The maximum Gasteiger partial charge on any atom is 0.138 e. The molecule has 1 saturated heterocycles. The number of benzene rings is 3. The van der Waals surface area contributed by atoms with Gasteiger partial charge in [0.05, 0.1) is 11.2 Å². The molecule has 4 aromatic rings. The summed E-state index contributed by atoms with van der Waals surface area (Å²) in [6.07, 6.45) is 1.92. The van der Waals surface area contributed by atoms with Gasteiger partial charge in [-0.1, -0.05) is 48.0 Å². The van der Waals surface area contributed by atoms with E-state index >= 15 is 0 Å². The van der Waals surface area contributed by atoms with Crippen LogP contribution in [0.15, 0.2) is 89.9 Å². The summed E-state index contributed by atoms with van der Waals surface area (Å²) in [7, 11) is 0. The molecule has 0 unspecified atom stereocenters. The predicted molar refractivity (Wildman–Crippen MR) is 131 cm³/mol. The maximum absolute atomic E-state index is 6.00. The lowest BCUT2D eigenvalue weighted by Crippen LogP contribution is -2.47. The third-order valence-electron chi connectivity index (χ3n) is 5.61. The van der Waals surface area contributed by atoms with E-state index in [9.17, 15) is 0 Å². The Balaban J connectivity index is 1.44. The lowest BCUT2D eigenvalue weighted by atomic mass is 10.1. The van der Waals surface area contributed by atoms with E-state index < -0.39 is 0 Å². The molecular formula is C26H23ClN4. The summed E-state index contributed by atoms with van der Waals surface area (Å²) < 4.78 is 0. The van der Waals surface area contributed by atoms with Gasteiger partial charge in [0.25, 0.3) is 0 Å². The first-order chi connectivity index (χ1) is 15.3. The molecule has 3 aromatic carbocycles. The summed E-state index contributed by atoms with van der Waals surface area (Å²) in [6.45, 7) is 3.77. The van der Waals surface area contributed by atoms with Crippen molar-refractivity contribution in [2.75, 3.05) is 36.0 Å². The van der Waals surface area contributed by atoms with Crippen LogP contribution in [0.2, 0.25) is 5.02 Å². The molecule has 154 valence electrons. The van der Waals surface area contributed by atoms with Crippen LogP contribution in [-0.4, -0.2) is 37.4 Å². The molecule has 1 fully saturated rings. The molecule has 1 aromatic heterocycles. The lowest BCUT2D eigenvalue weighted by Gasteiger charge is -2.37. The minimum Gasteiger partial charge on any atom is -0.368 e. The number of pyridine rings is 1. The fourth-order valence-electron chi connectivity index (χ4n) is 3.96. The molecule has 0 N–H and O–H groups in total. The molecule has 5 heteroatoms. The fraction of sp³-hybridized carbons (Fsp3) is 0.154. The quantitative estimate of drug-likeness (QED) is 0.377. The minimum atomic E-state index is 0.711. The predicted octanol–water partition coefficient (Wildman–Crippen LogP) is 5.97. The maximum atomic E-state index is 6.00. The number of rotatable bonds is 4. The van der Waals surface area contributed by atoms with Crippen molar-refractivity contribution in [3.05, 3.63) is 95.5 Å². The Morgan fingerprint density at radius 2 is 1.45 bits per heavy atom. The monoisotopic (exact) mass is 426 g/mol. The SMILES string of the molecule is Clc1ccc(N=Cc2cc3ccccc3nc2N2CCN(c3ccccc3)CC2)cc1. The number of halogens is 1. The first-order valence-electron chi connectivity index (χ1n) is 10.5. The molecule has 2 heterocycles. The second kappa shape index (κ2) is 8.78. The van der Waals surface area contributed by atoms with Crippen LogP contribution in [0.3, 0.4) is 0 Å². The van der Waals surface area contributed by atoms with Gasteiger partial charge in [0.1, 0.15) is 5.82 Å². The average molecular weight is 427 g/mol. The fourth-order valence-corrected chi connectivity index (χ4v) is 4.08. The average Bonchev–Trinajstić information content (AvgIpc) is 2.84. The number of aliphatic imine (C=N–C) groups is 1. The molecule has 0 amide bonds. The topological polar surface area (TPSA) is 31.7 Å². The van der Waals surface area contributed by atoms with Crippen LogP contribution in [-0.2, 0) is 0 Å². The summed E-state index contributed by atoms with van der Waals surface area (Å²) in [5, 5.41) is 1.83. The van der Waals surface area contributed by atoms with E-state index in [0.29, 0.717) is 5.02 Å². The summed E-state index contributed by atoms with van der Waals surface area (Å²) in [6, 6.07) is 28.6. The highest BCUT2D eigenvalue weighted by Gasteiger charge is 2.20. The van der Waals surface area contributed by atoms with Crippen molar-refractivity contribution in [3.63, 3.8) is 0 Å². The standard InChI is InChI=1S/C26H23ClN4/c27-22-10-12-23(13-11-22)28-19-21-18-20-6-4-5-9-25(20)29-26(21)31-16-14-30(15-17-31)24-7-2-1-3-8-24/h1-13,18-19H,14-17H2. The van der Waals surface area contributed by atoms with Crippen LogP contribution in [0.25, 0.3) is 10.9 Å². The van der Waals surface area contributed by atoms with E-state index in [-0.39, 0.29) is 0 Å². The molecule has 0 bridgehead atoms. The van der Waals surface area contributed by atoms with Crippen LogP contribution in [0, 0.1) is 0 Å². The summed E-state index contributed by atoms with van der Waals surface area (Å²) in [4.78, 5) is 14.5. The number of aromatic nitrogens is 1. The van der Waals surface area contributed by atoms with Gasteiger partial charge < -0.3 is 9.80 Å². The summed E-state index contributed by atoms with van der Waals surface area (Å²) in [5.74, 6) is 0.990. The van der Waals surface area contributed by atoms with E-state index in [1.807, 2.05) is 42.6 Å². The van der Waals surface area contributed by atoms with Gasteiger partial charge in [-0.2, -0.15) is 0 Å². The van der Waals surface area contributed by atoms with Crippen molar-refractivity contribution in [1.29, 1.82) is 0 Å². The van der Waals surface area contributed by atoms with Crippen molar-refractivity contribution in [1.82, 2.24) is 4.98 Å². The van der Waals surface area contributed by atoms with Crippen LogP contribution in [0.1, 0.15) is 5.56 Å². The van der Waals surface area contributed by atoms with Crippen LogP contribution >= 0.6 is 11.6 Å². The second-order valence-electron chi connectivity index (χ2n) is 7.64. The Hall–Kier alpha value is -3.37. The van der Waals surface area contributed by atoms with Crippen molar-refractivity contribution in [2.24, 2.45) is 4.99 Å². The molecule has 31 heavy (non-hydrogen) atoms. The first kappa shape index (κ1) is 19.6. The van der Waals surface area contributed by atoms with Gasteiger partial charge >= 0.3 is 0 Å². The van der Waals surface area contributed by atoms with Crippen molar-refractivity contribution in [2.45, 2.75) is 0 Å². The highest BCUT2D eigenvalue weighted by molar-refractivity contribution is 6.30. The number of hydrogen-bond acceptors (Lipinski definition) is 4. The molecule has 0 aliphatic carbocycles. The van der Waals surface area contributed by atoms with E-state index in [0.717, 1.165) is 54.2 Å². The minimum absolute atomic E-state index is 0.711. The number of hydrogen-bond donors (Lipinski definition) is 0. The first-order valence-corrected chi connectivity index (χ1v) is 10.9. The zero-order valence-electron chi connectivity index (χ0n) is 17.2. The Kier molecular flexibility index (Phi) is 5.55. The third-order valence-corrected chi connectivity index (χ3v) is 5.86. The van der Waals surface area contributed by atoms with Gasteiger partial charge in [-0.15, -0.1) is 0 Å². The number of fused-ring (bicyclic) bond motifs is 1. The molecule has 0 spiro atoms. The lowest BCUT2D eigenvalue weighted by molar-refractivity contribution is 0.648. The number of piperazine rings is 1. The molecular weight excluding hydrogens is 404 g/mol. The van der Waals surface area contributed by atoms with Gasteiger partial charge in [-0.3, -0.25) is 4.99 Å². The molecule has 4 nitrogen and oxygen atoms in total. The zero-order valence-corrected chi connectivity index (χ0v) is 17.9. The van der Waals surface area contributed by atoms with Crippen molar-refractivity contribution >= 4 is 45.9 Å². The van der Waals surface area contributed by atoms with Gasteiger partial charge in [0.2, 0.25) is 0 Å². The Morgan fingerprint density at radius 1 is 0.774 bits per heavy atom. The van der Waals surface area contributed by atoms with Gasteiger partial charge in [0, 0.05) is 54.1 Å². The van der Waals surface area contributed by atoms with E-state index in [1.165, 1.54) is 5.69 Å². The van der Waals surface area contributed by atoms with Crippen LogP contribution in [0.4, 0.5) is 17.2 Å². The molecule has 0 saturated carbocycles. The largest absolute Gasteiger partial charge is 0.368 e. The number of nitrogens with zero attached hydrogens (tertiary/aromatic N) is 4. The van der Waals surface area contributed by atoms with Crippen molar-refractivity contribution < 1.29 is 0 Å². The second-order valence-corrected chi connectivity index (χ2v) is 8.07. The molecule has 0 radical (unpaired) electrons. The van der Waals surface area contributed by atoms with Gasteiger partial charge in [-0.05, 0) is 48.5 Å². The molecule has 5 rings (SSSR count). The van der Waals surface area contributed by atoms with Gasteiger partial charge in [0.15, 0.2) is 0 Å².